The van der Waals surface area contributed by atoms with Gasteiger partial charge >= 0.3 is 0 Å². The summed E-state index contributed by atoms with van der Waals surface area (Å²) in [5.74, 6) is 2.07. The monoisotopic (exact) mass is 281 g/mol. The summed E-state index contributed by atoms with van der Waals surface area (Å²) in [6, 6.07) is 0. The van der Waals surface area contributed by atoms with E-state index in [4.69, 9.17) is 4.42 Å². The Morgan fingerprint density at radius 3 is 2.30 bits per heavy atom. The fourth-order valence-electron chi connectivity index (χ4n) is 2.32. The smallest absolute Gasteiger partial charge is 0.219 e. The van der Waals surface area contributed by atoms with Gasteiger partial charge in [-0.15, -0.1) is 10.2 Å². The highest BCUT2D eigenvalue weighted by molar-refractivity contribution is 4.91. The van der Waals surface area contributed by atoms with Crippen LogP contribution in [0.3, 0.4) is 0 Å². The molecule has 0 saturated heterocycles. The molecule has 116 valence electrons. The third kappa shape index (κ3) is 6.51. The van der Waals surface area contributed by atoms with Gasteiger partial charge in [0.2, 0.25) is 11.8 Å². The van der Waals surface area contributed by atoms with Gasteiger partial charge in [-0.2, -0.15) is 0 Å². The highest BCUT2D eigenvalue weighted by Gasteiger charge is 2.17. The molecule has 1 heterocycles. The summed E-state index contributed by atoms with van der Waals surface area (Å²) in [4.78, 5) is 0. The van der Waals surface area contributed by atoms with Crippen molar-refractivity contribution in [2.24, 2.45) is 0 Å². The van der Waals surface area contributed by atoms with Crippen LogP contribution in [0.15, 0.2) is 4.42 Å². The van der Waals surface area contributed by atoms with E-state index in [0.29, 0.717) is 5.92 Å². The number of nitrogens with zero attached hydrogens (tertiary/aromatic N) is 2. The number of hydrogen-bond donors (Lipinski definition) is 1. The third-order valence-electron chi connectivity index (χ3n) is 3.33. The quantitative estimate of drug-likeness (QED) is 0.693. The molecule has 0 aliphatic carbocycles. The van der Waals surface area contributed by atoms with Crippen LogP contribution in [0.4, 0.5) is 0 Å². The van der Waals surface area contributed by atoms with Gasteiger partial charge in [-0.05, 0) is 46.6 Å². The van der Waals surface area contributed by atoms with Crippen molar-refractivity contribution in [3.8, 4) is 0 Å². The van der Waals surface area contributed by atoms with Crippen LogP contribution >= 0.6 is 0 Å². The molecule has 4 heteroatoms. The topological polar surface area (TPSA) is 51.0 Å². The second-order valence-corrected chi connectivity index (χ2v) is 6.59. The van der Waals surface area contributed by atoms with Crippen molar-refractivity contribution in [2.45, 2.75) is 84.6 Å². The van der Waals surface area contributed by atoms with E-state index in [0.717, 1.165) is 56.9 Å². The molecule has 0 aromatic carbocycles. The fraction of sp³-hybridized carbons (Fsp3) is 0.875. The zero-order valence-electron chi connectivity index (χ0n) is 13.8. The van der Waals surface area contributed by atoms with Gasteiger partial charge in [0.15, 0.2) is 0 Å². The van der Waals surface area contributed by atoms with Crippen LogP contribution in [0.5, 0.6) is 0 Å². The summed E-state index contributed by atoms with van der Waals surface area (Å²) in [6.07, 6.45) is 6.50. The van der Waals surface area contributed by atoms with Gasteiger partial charge < -0.3 is 9.73 Å². The summed E-state index contributed by atoms with van der Waals surface area (Å²) in [5.41, 5.74) is 0.174. The molecule has 0 amide bonds. The Morgan fingerprint density at radius 2 is 1.75 bits per heavy atom. The van der Waals surface area contributed by atoms with Gasteiger partial charge in [-0.3, -0.25) is 0 Å². The second kappa shape index (κ2) is 8.40. The minimum atomic E-state index is 0.174. The van der Waals surface area contributed by atoms with Crippen molar-refractivity contribution >= 4 is 0 Å². The Kier molecular flexibility index (Phi) is 7.20. The van der Waals surface area contributed by atoms with Crippen LogP contribution in [0.1, 0.15) is 84.4 Å². The maximum atomic E-state index is 5.83. The number of nitrogens with one attached hydrogen (secondary N) is 1. The van der Waals surface area contributed by atoms with Crippen molar-refractivity contribution in [3.05, 3.63) is 11.8 Å². The van der Waals surface area contributed by atoms with E-state index >= 15 is 0 Å². The van der Waals surface area contributed by atoms with E-state index < -0.39 is 0 Å². The Bertz CT molecular complexity index is 362. The van der Waals surface area contributed by atoms with Gasteiger partial charge in [-0.1, -0.05) is 26.7 Å². The average Bonchev–Trinajstić information content (AvgIpc) is 2.82. The van der Waals surface area contributed by atoms with Crippen LogP contribution in [0.25, 0.3) is 0 Å². The Morgan fingerprint density at radius 1 is 1.10 bits per heavy atom. The molecule has 0 radical (unpaired) electrons. The lowest BCUT2D eigenvalue weighted by Crippen LogP contribution is -2.36. The van der Waals surface area contributed by atoms with Crippen molar-refractivity contribution < 1.29 is 4.42 Å². The largest absolute Gasteiger partial charge is 0.425 e. The molecular weight excluding hydrogens is 250 g/mol. The standard InChI is InChI=1S/C16H31N3O/c1-6-9-13(10-7-2)15-19-18-14(20-15)11-8-12-17-16(3,4)5/h13,17H,6-12H2,1-5H3. The zero-order chi connectivity index (χ0) is 15.0. The molecule has 1 aromatic rings. The second-order valence-electron chi connectivity index (χ2n) is 6.59. The molecule has 0 aliphatic heterocycles. The highest BCUT2D eigenvalue weighted by atomic mass is 16.4. The fourth-order valence-corrected chi connectivity index (χ4v) is 2.32. The van der Waals surface area contributed by atoms with E-state index in [1.807, 2.05) is 0 Å². The minimum absolute atomic E-state index is 0.174. The molecule has 0 saturated carbocycles. The molecule has 1 N–H and O–H groups in total. The summed E-state index contributed by atoms with van der Waals surface area (Å²) in [6.45, 7) is 11.9. The predicted octanol–water partition coefficient (Wildman–Crippen LogP) is 4.07. The first kappa shape index (κ1) is 17.2. The van der Waals surface area contributed by atoms with Crippen LogP contribution in [0.2, 0.25) is 0 Å². The highest BCUT2D eigenvalue weighted by Crippen LogP contribution is 2.25. The van der Waals surface area contributed by atoms with Gasteiger partial charge in [-0.25, -0.2) is 0 Å². The van der Waals surface area contributed by atoms with Crippen LogP contribution < -0.4 is 5.32 Å². The summed E-state index contributed by atoms with van der Waals surface area (Å²) in [5, 5.41) is 11.9. The summed E-state index contributed by atoms with van der Waals surface area (Å²) >= 11 is 0. The van der Waals surface area contributed by atoms with Crippen molar-refractivity contribution in [1.29, 1.82) is 0 Å². The van der Waals surface area contributed by atoms with E-state index in [-0.39, 0.29) is 5.54 Å². The number of hydrogen-bond acceptors (Lipinski definition) is 4. The predicted molar refractivity (Wildman–Crippen MR) is 82.9 cm³/mol. The Balaban J connectivity index is 2.41. The van der Waals surface area contributed by atoms with Crippen LogP contribution in [-0.2, 0) is 6.42 Å². The van der Waals surface area contributed by atoms with Gasteiger partial charge in [0.05, 0.1) is 0 Å². The van der Waals surface area contributed by atoms with Gasteiger partial charge in [0, 0.05) is 17.9 Å². The maximum Gasteiger partial charge on any atom is 0.219 e. The molecule has 1 aromatic heterocycles. The Labute approximate surface area is 123 Å². The first-order valence-corrected chi connectivity index (χ1v) is 8.03. The molecule has 0 spiro atoms. The number of aryl methyl sites for hydroxylation is 1. The van der Waals surface area contributed by atoms with Crippen LogP contribution in [0, 0.1) is 0 Å². The lowest BCUT2D eigenvalue weighted by molar-refractivity contribution is 0.378. The number of aromatic nitrogens is 2. The molecule has 0 fully saturated rings. The lowest BCUT2D eigenvalue weighted by atomic mass is 9.98. The Hall–Kier alpha value is -0.900. The van der Waals surface area contributed by atoms with E-state index in [2.05, 4.69) is 50.1 Å². The van der Waals surface area contributed by atoms with E-state index in [1.165, 1.54) is 0 Å². The molecule has 4 nitrogen and oxygen atoms in total. The molecular formula is C16H31N3O. The lowest BCUT2D eigenvalue weighted by Gasteiger charge is -2.19. The first-order valence-electron chi connectivity index (χ1n) is 8.03. The SMILES string of the molecule is CCCC(CCC)c1nnc(CCCNC(C)(C)C)o1. The van der Waals surface area contributed by atoms with E-state index in [1.54, 1.807) is 0 Å². The van der Waals surface area contributed by atoms with E-state index in [9.17, 15) is 0 Å². The first-order chi connectivity index (χ1) is 9.46. The normalized spacial score (nSPS) is 12.3. The molecule has 0 atom stereocenters. The maximum absolute atomic E-state index is 5.83. The average molecular weight is 281 g/mol. The molecule has 0 bridgehead atoms. The van der Waals surface area contributed by atoms with Crippen LogP contribution in [-0.4, -0.2) is 22.3 Å². The molecule has 1 rings (SSSR count). The third-order valence-corrected chi connectivity index (χ3v) is 3.33. The van der Waals surface area contributed by atoms with Crippen molar-refractivity contribution in [2.75, 3.05) is 6.54 Å². The van der Waals surface area contributed by atoms with Crippen molar-refractivity contribution in [3.63, 3.8) is 0 Å². The molecule has 20 heavy (non-hydrogen) atoms. The zero-order valence-corrected chi connectivity index (χ0v) is 13.8. The summed E-state index contributed by atoms with van der Waals surface area (Å²) in [7, 11) is 0. The molecule has 0 aliphatic rings. The molecule has 0 unspecified atom stereocenters. The summed E-state index contributed by atoms with van der Waals surface area (Å²) < 4.78 is 5.83. The van der Waals surface area contributed by atoms with Gasteiger partial charge in [0.25, 0.3) is 0 Å². The van der Waals surface area contributed by atoms with Gasteiger partial charge in [0.1, 0.15) is 0 Å². The van der Waals surface area contributed by atoms with Crippen molar-refractivity contribution in [1.82, 2.24) is 15.5 Å². The number of rotatable bonds is 9. The minimum Gasteiger partial charge on any atom is -0.425 e.